The number of amides is 1. The molecular formula is C36H34F7N3O5S. The number of aryl methyl sites for hydroxylation is 1. The molecule has 0 spiro atoms. The SMILES string of the molecule is C#C.C#C.CC(=O)N[C@H]1CC(C)(C)Oc2ccc(C#N)cc21.O=S(=O)(c1ccc(F)cc1)N1CCCc2cc(C(O)(C(F)(F)F)C(F)(F)F)ccc21. The highest BCUT2D eigenvalue weighted by molar-refractivity contribution is 7.92. The summed E-state index contributed by atoms with van der Waals surface area (Å²) in [4.78, 5) is 11.0. The smallest absolute Gasteiger partial charge is 0.430 e. The van der Waals surface area contributed by atoms with Gasteiger partial charge in [-0.05, 0) is 80.8 Å². The highest BCUT2D eigenvalue weighted by Crippen LogP contribution is 2.51. The van der Waals surface area contributed by atoms with Gasteiger partial charge in [-0.15, -0.1) is 25.7 Å². The third-order valence-corrected chi connectivity index (χ3v) is 9.60. The fraction of sp³-hybridized carbons (Fsp3) is 0.333. The molecule has 2 heterocycles. The summed E-state index contributed by atoms with van der Waals surface area (Å²) in [5, 5.41) is 21.4. The fourth-order valence-corrected chi connectivity index (χ4v) is 7.10. The number of nitrogens with zero attached hydrogens (tertiary/aromatic N) is 2. The van der Waals surface area contributed by atoms with E-state index in [9.17, 15) is 49.1 Å². The summed E-state index contributed by atoms with van der Waals surface area (Å²) in [7, 11) is -4.24. The lowest BCUT2D eigenvalue weighted by Crippen LogP contribution is -2.54. The molecule has 0 bridgehead atoms. The lowest BCUT2D eigenvalue weighted by atomic mass is 9.89. The second-order valence-electron chi connectivity index (χ2n) is 11.9. The van der Waals surface area contributed by atoms with E-state index >= 15 is 0 Å². The van der Waals surface area contributed by atoms with Crippen molar-refractivity contribution < 1.29 is 53.8 Å². The summed E-state index contributed by atoms with van der Waals surface area (Å²) < 4.78 is 124. The number of ether oxygens (including phenoxy) is 1. The Morgan fingerprint density at radius 2 is 1.56 bits per heavy atom. The first kappa shape index (κ1) is 42.9. The predicted octanol–water partition coefficient (Wildman–Crippen LogP) is 7.07. The van der Waals surface area contributed by atoms with E-state index < -0.39 is 39.4 Å². The van der Waals surface area contributed by atoms with Crippen LogP contribution >= 0.6 is 0 Å². The third kappa shape index (κ3) is 9.15. The van der Waals surface area contributed by atoms with Gasteiger partial charge in [0.1, 0.15) is 17.2 Å². The van der Waals surface area contributed by atoms with Crippen molar-refractivity contribution >= 4 is 21.6 Å². The van der Waals surface area contributed by atoms with Crippen LogP contribution in [0, 0.1) is 42.8 Å². The summed E-state index contributed by atoms with van der Waals surface area (Å²) in [6.45, 7) is 5.40. The van der Waals surface area contributed by atoms with Crippen molar-refractivity contribution in [3.05, 3.63) is 88.7 Å². The van der Waals surface area contributed by atoms with Crippen LogP contribution in [0.15, 0.2) is 65.6 Å². The van der Waals surface area contributed by atoms with Crippen LogP contribution in [0.2, 0.25) is 0 Å². The number of carbonyl (C=O) groups is 1. The minimum atomic E-state index is -6.05. The quantitative estimate of drug-likeness (QED) is 0.217. The summed E-state index contributed by atoms with van der Waals surface area (Å²) in [6, 6.07) is 12.8. The van der Waals surface area contributed by atoms with E-state index in [1.54, 1.807) is 18.2 Å². The molecule has 2 aliphatic rings. The molecule has 1 atom stereocenters. The molecule has 0 unspecified atom stereocenters. The Kier molecular flexibility index (Phi) is 13.5. The van der Waals surface area contributed by atoms with E-state index in [1.807, 2.05) is 13.8 Å². The molecule has 2 N–H and O–H groups in total. The van der Waals surface area contributed by atoms with Crippen molar-refractivity contribution in [2.24, 2.45) is 0 Å². The van der Waals surface area contributed by atoms with Crippen molar-refractivity contribution in [1.82, 2.24) is 5.32 Å². The van der Waals surface area contributed by atoms with E-state index in [1.165, 1.54) is 6.92 Å². The number of nitrogens with one attached hydrogen (secondary N) is 1. The number of anilines is 1. The molecule has 2 aliphatic heterocycles. The highest BCUT2D eigenvalue weighted by atomic mass is 32.2. The summed E-state index contributed by atoms with van der Waals surface area (Å²) in [6.07, 6.45) is 4.72. The molecule has 0 radical (unpaired) electrons. The van der Waals surface area contributed by atoms with Crippen LogP contribution in [-0.2, 0) is 26.8 Å². The molecule has 52 heavy (non-hydrogen) atoms. The number of carbonyl (C=O) groups excluding carboxylic acids is 1. The Balaban J connectivity index is 0.000000363. The Labute approximate surface area is 297 Å². The first-order valence-electron chi connectivity index (χ1n) is 15.0. The van der Waals surface area contributed by atoms with Crippen molar-refractivity contribution in [2.75, 3.05) is 10.8 Å². The van der Waals surface area contributed by atoms with Crippen LogP contribution in [0.1, 0.15) is 61.9 Å². The molecular weight excluding hydrogens is 719 g/mol. The lowest BCUT2D eigenvalue weighted by molar-refractivity contribution is -0.376. The van der Waals surface area contributed by atoms with Gasteiger partial charge in [0, 0.05) is 31.0 Å². The third-order valence-electron chi connectivity index (χ3n) is 7.77. The van der Waals surface area contributed by atoms with Crippen molar-refractivity contribution in [3.8, 4) is 37.5 Å². The second kappa shape index (κ2) is 16.4. The van der Waals surface area contributed by atoms with Gasteiger partial charge in [-0.25, -0.2) is 12.8 Å². The number of hydrogen-bond acceptors (Lipinski definition) is 6. The first-order chi connectivity index (χ1) is 24.1. The van der Waals surface area contributed by atoms with Gasteiger partial charge in [-0.2, -0.15) is 31.6 Å². The second-order valence-corrected chi connectivity index (χ2v) is 13.7. The van der Waals surface area contributed by atoms with Gasteiger partial charge in [0.15, 0.2) is 0 Å². The lowest BCUT2D eigenvalue weighted by Gasteiger charge is -2.37. The molecule has 0 aliphatic carbocycles. The minimum Gasteiger partial charge on any atom is -0.487 e. The molecule has 5 rings (SSSR count). The predicted molar refractivity (Wildman–Crippen MR) is 179 cm³/mol. The number of sulfonamides is 1. The van der Waals surface area contributed by atoms with Crippen LogP contribution in [0.4, 0.5) is 36.4 Å². The molecule has 0 saturated heterocycles. The number of alkyl halides is 6. The van der Waals surface area contributed by atoms with E-state index in [0.717, 1.165) is 46.0 Å². The first-order valence-corrected chi connectivity index (χ1v) is 16.5. The molecule has 16 heteroatoms. The zero-order valence-electron chi connectivity index (χ0n) is 28.0. The average molecular weight is 754 g/mol. The number of halogens is 7. The number of aliphatic hydroxyl groups is 1. The van der Waals surface area contributed by atoms with Crippen LogP contribution in [-0.4, -0.2) is 43.9 Å². The zero-order valence-corrected chi connectivity index (χ0v) is 28.8. The number of hydrogen-bond donors (Lipinski definition) is 2. The molecule has 8 nitrogen and oxygen atoms in total. The topological polar surface area (TPSA) is 120 Å². The van der Waals surface area contributed by atoms with E-state index in [-0.39, 0.29) is 53.1 Å². The number of rotatable bonds is 4. The Morgan fingerprint density at radius 1 is 0.981 bits per heavy atom. The summed E-state index contributed by atoms with van der Waals surface area (Å²) in [5.74, 6) is -0.0220. The van der Waals surface area contributed by atoms with E-state index in [2.05, 4.69) is 37.1 Å². The highest BCUT2D eigenvalue weighted by Gasteiger charge is 2.71. The van der Waals surface area contributed by atoms with Gasteiger partial charge in [0.2, 0.25) is 5.91 Å². The van der Waals surface area contributed by atoms with Crippen LogP contribution in [0.25, 0.3) is 0 Å². The van der Waals surface area contributed by atoms with Gasteiger partial charge in [0.05, 0.1) is 28.3 Å². The van der Waals surface area contributed by atoms with E-state index in [4.69, 9.17) is 10.00 Å². The van der Waals surface area contributed by atoms with Crippen molar-refractivity contribution in [3.63, 3.8) is 0 Å². The maximum absolute atomic E-state index is 13.1. The largest absolute Gasteiger partial charge is 0.487 e. The summed E-state index contributed by atoms with van der Waals surface area (Å²) >= 11 is 0. The number of terminal acetylenes is 2. The van der Waals surface area contributed by atoms with Crippen LogP contribution in [0.3, 0.4) is 0 Å². The Bertz CT molecular complexity index is 1910. The maximum atomic E-state index is 13.1. The Hall–Kier alpha value is -5.24. The molecule has 3 aromatic rings. The number of fused-ring (bicyclic) bond motifs is 2. The molecule has 1 amide bonds. The van der Waals surface area contributed by atoms with E-state index in [0.29, 0.717) is 24.1 Å². The van der Waals surface area contributed by atoms with Crippen LogP contribution < -0.4 is 14.4 Å². The number of benzene rings is 3. The van der Waals surface area contributed by atoms with Crippen molar-refractivity contribution in [1.29, 1.82) is 5.26 Å². The van der Waals surface area contributed by atoms with Crippen LogP contribution in [0.5, 0.6) is 5.75 Å². The van der Waals surface area contributed by atoms with Gasteiger partial charge < -0.3 is 15.2 Å². The monoisotopic (exact) mass is 753 g/mol. The van der Waals surface area contributed by atoms with Crippen molar-refractivity contribution in [2.45, 2.75) is 74.5 Å². The van der Waals surface area contributed by atoms with Gasteiger partial charge in [0.25, 0.3) is 15.6 Å². The normalized spacial score (nSPS) is 16.2. The maximum Gasteiger partial charge on any atom is 0.430 e. The Morgan fingerprint density at radius 3 is 2.08 bits per heavy atom. The molecule has 278 valence electrons. The van der Waals surface area contributed by atoms with Gasteiger partial charge in [-0.1, -0.05) is 12.1 Å². The minimum absolute atomic E-state index is 0.00437. The molecule has 0 saturated carbocycles. The average Bonchev–Trinajstić information content (AvgIpc) is 3.07. The van der Waals surface area contributed by atoms with Gasteiger partial charge in [-0.3, -0.25) is 9.10 Å². The molecule has 0 aromatic heterocycles. The standard InChI is InChI=1S/C18H14F7NO3S.C14H16N2O2.2C2H2/c19-13-4-6-14(7-5-13)30(28,29)26-9-1-2-11-10-12(3-8-15(11)26)16(27,17(20,21)22)18(23,24)25;1-9(17)16-12-7-14(2,3)18-13-5-4-10(8-15)6-11(12)13;2*1-2/h3-8,10,27H,1-2,9H2;4-6,12H,7H2,1-3H3,(H,16,17);2*1-2H/t;12-;;/m.0../s1. The molecule has 0 fully saturated rings. The summed E-state index contributed by atoms with van der Waals surface area (Å²) in [5.41, 5.74) is -5.64. The zero-order chi connectivity index (χ0) is 39.9. The van der Waals surface area contributed by atoms with Gasteiger partial charge >= 0.3 is 12.4 Å². The fourth-order valence-electron chi connectivity index (χ4n) is 5.56. The number of nitriles is 1. The molecule has 3 aromatic carbocycles.